The normalized spacial score (nSPS) is 18.8. The van der Waals surface area contributed by atoms with Gasteiger partial charge in [-0.25, -0.2) is 13.2 Å². The first-order chi connectivity index (χ1) is 10.4. The van der Waals surface area contributed by atoms with Crippen molar-refractivity contribution >= 4 is 28.4 Å². The molecule has 0 radical (unpaired) electrons. The number of ether oxygens (including phenoxy) is 2. The first-order valence-electron chi connectivity index (χ1n) is 6.90. The first kappa shape index (κ1) is 19.7. The van der Waals surface area contributed by atoms with E-state index in [-0.39, 0.29) is 34.7 Å². The van der Waals surface area contributed by atoms with Crippen LogP contribution in [0.2, 0.25) is 0 Å². The highest BCUT2D eigenvalue weighted by molar-refractivity contribution is 7.89. The van der Waals surface area contributed by atoms with E-state index in [9.17, 15) is 13.2 Å². The van der Waals surface area contributed by atoms with Crippen molar-refractivity contribution in [2.75, 3.05) is 33.9 Å². The molecule has 0 bridgehead atoms. The SMILES string of the molecule is COC(=O)c1ccc(S(=O)(=O)N2CCNCC2C)c(OC)c1.Cl. The summed E-state index contributed by atoms with van der Waals surface area (Å²) in [4.78, 5) is 11.6. The fourth-order valence-corrected chi connectivity index (χ4v) is 4.20. The van der Waals surface area contributed by atoms with E-state index in [1.165, 1.54) is 36.7 Å². The molecule has 7 nitrogen and oxygen atoms in total. The van der Waals surface area contributed by atoms with Crippen LogP contribution in [0.25, 0.3) is 0 Å². The molecular weight excluding hydrogens is 344 g/mol. The van der Waals surface area contributed by atoms with Crippen LogP contribution in [0.15, 0.2) is 23.1 Å². The number of piperazine rings is 1. The molecule has 0 saturated carbocycles. The number of methoxy groups -OCH3 is 2. The molecule has 1 unspecified atom stereocenters. The lowest BCUT2D eigenvalue weighted by molar-refractivity contribution is 0.0600. The Hall–Kier alpha value is -1.35. The van der Waals surface area contributed by atoms with Crippen LogP contribution in [-0.2, 0) is 14.8 Å². The van der Waals surface area contributed by atoms with Crippen molar-refractivity contribution in [3.63, 3.8) is 0 Å². The second kappa shape index (κ2) is 7.96. The van der Waals surface area contributed by atoms with E-state index in [1.54, 1.807) is 0 Å². The van der Waals surface area contributed by atoms with Crippen LogP contribution in [0.1, 0.15) is 17.3 Å². The predicted octanol–water partition coefficient (Wildman–Crippen LogP) is 0.886. The third-order valence-corrected chi connectivity index (χ3v) is 5.66. The molecule has 1 aromatic carbocycles. The molecule has 1 atom stereocenters. The fraction of sp³-hybridized carbons (Fsp3) is 0.500. The number of esters is 1. The predicted molar refractivity (Wildman–Crippen MR) is 87.8 cm³/mol. The Morgan fingerprint density at radius 1 is 1.35 bits per heavy atom. The second-order valence-electron chi connectivity index (χ2n) is 5.03. The molecule has 23 heavy (non-hydrogen) atoms. The molecule has 1 saturated heterocycles. The van der Waals surface area contributed by atoms with Gasteiger partial charge in [0.2, 0.25) is 10.0 Å². The zero-order valence-electron chi connectivity index (χ0n) is 13.2. The van der Waals surface area contributed by atoms with E-state index in [2.05, 4.69) is 10.1 Å². The smallest absolute Gasteiger partial charge is 0.337 e. The quantitative estimate of drug-likeness (QED) is 0.798. The Labute approximate surface area is 142 Å². The number of hydrogen-bond acceptors (Lipinski definition) is 6. The molecule has 0 aliphatic carbocycles. The molecule has 1 fully saturated rings. The summed E-state index contributed by atoms with van der Waals surface area (Å²) >= 11 is 0. The van der Waals surface area contributed by atoms with Crippen LogP contribution in [0.5, 0.6) is 5.75 Å². The number of nitrogens with zero attached hydrogens (tertiary/aromatic N) is 1. The third-order valence-electron chi connectivity index (χ3n) is 3.61. The van der Waals surface area contributed by atoms with E-state index in [4.69, 9.17) is 4.74 Å². The number of hydrogen-bond donors (Lipinski definition) is 1. The van der Waals surface area contributed by atoms with E-state index in [0.29, 0.717) is 19.6 Å². The summed E-state index contributed by atoms with van der Waals surface area (Å²) in [6.07, 6.45) is 0. The second-order valence-corrected chi connectivity index (χ2v) is 6.89. The molecule has 9 heteroatoms. The molecule has 1 N–H and O–H groups in total. The van der Waals surface area contributed by atoms with Crippen LogP contribution in [0.4, 0.5) is 0 Å². The molecule has 0 amide bonds. The van der Waals surface area contributed by atoms with Crippen LogP contribution >= 0.6 is 12.4 Å². The average molecular weight is 365 g/mol. The number of sulfonamides is 1. The van der Waals surface area contributed by atoms with E-state index in [0.717, 1.165) is 0 Å². The average Bonchev–Trinajstić information content (AvgIpc) is 2.53. The summed E-state index contributed by atoms with van der Waals surface area (Å²) in [5.41, 5.74) is 0.242. The van der Waals surface area contributed by atoms with Gasteiger partial charge in [-0.2, -0.15) is 4.31 Å². The number of carbonyl (C=O) groups excluding carboxylic acids is 1. The highest BCUT2D eigenvalue weighted by Gasteiger charge is 2.33. The molecule has 1 heterocycles. The molecule has 1 aromatic rings. The number of benzene rings is 1. The van der Waals surface area contributed by atoms with E-state index < -0.39 is 16.0 Å². The minimum atomic E-state index is -3.69. The first-order valence-corrected chi connectivity index (χ1v) is 8.34. The fourth-order valence-electron chi connectivity index (χ4n) is 2.43. The summed E-state index contributed by atoms with van der Waals surface area (Å²) in [7, 11) is -1.05. The maximum Gasteiger partial charge on any atom is 0.337 e. The number of halogens is 1. The monoisotopic (exact) mass is 364 g/mol. The van der Waals surface area contributed by atoms with Crippen molar-refractivity contribution in [3.8, 4) is 5.75 Å². The lowest BCUT2D eigenvalue weighted by atomic mass is 10.2. The molecular formula is C14H21ClN2O5S. The Morgan fingerprint density at radius 3 is 2.61 bits per heavy atom. The van der Waals surface area contributed by atoms with Crippen molar-refractivity contribution in [2.24, 2.45) is 0 Å². The van der Waals surface area contributed by atoms with Crippen LogP contribution in [-0.4, -0.2) is 58.6 Å². The molecule has 0 aromatic heterocycles. The van der Waals surface area contributed by atoms with Gasteiger partial charge in [-0.1, -0.05) is 0 Å². The summed E-state index contributed by atoms with van der Waals surface area (Å²) in [6.45, 7) is 3.44. The molecule has 1 aliphatic rings. The van der Waals surface area contributed by atoms with Gasteiger partial charge in [-0.05, 0) is 25.1 Å². The largest absolute Gasteiger partial charge is 0.495 e. The van der Waals surface area contributed by atoms with E-state index >= 15 is 0 Å². The maximum atomic E-state index is 12.8. The maximum absolute atomic E-state index is 12.8. The van der Waals surface area contributed by atoms with Crippen molar-refractivity contribution in [1.29, 1.82) is 0 Å². The van der Waals surface area contributed by atoms with Crippen molar-refractivity contribution in [2.45, 2.75) is 17.9 Å². The lowest BCUT2D eigenvalue weighted by Gasteiger charge is -2.33. The van der Waals surface area contributed by atoms with Gasteiger partial charge in [-0.3, -0.25) is 0 Å². The Bertz CT molecular complexity index is 665. The van der Waals surface area contributed by atoms with Gasteiger partial charge in [0.05, 0.1) is 19.8 Å². The minimum absolute atomic E-state index is 0. The number of rotatable bonds is 4. The Kier molecular flexibility index (Phi) is 6.82. The summed E-state index contributed by atoms with van der Waals surface area (Å²) < 4.78 is 36.9. The minimum Gasteiger partial charge on any atom is -0.495 e. The highest BCUT2D eigenvalue weighted by atomic mass is 35.5. The molecule has 130 valence electrons. The lowest BCUT2D eigenvalue weighted by Crippen LogP contribution is -2.52. The standard InChI is InChI=1S/C14H20N2O5S.ClH/c1-10-9-15-6-7-16(10)22(18,19)13-5-4-11(14(17)21-3)8-12(13)20-2;/h4-5,8,10,15H,6-7,9H2,1-3H3;1H. The van der Waals surface area contributed by atoms with Gasteiger partial charge < -0.3 is 14.8 Å². The van der Waals surface area contributed by atoms with Gasteiger partial charge in [0.25, 0.3) is 0 Å². The summed E-state index contributed by atoms with van der Waals surface area (Å²) in [6, 6.07) is 4.04. The van der Waals surface area contributed by atoms with Gasteiger partial charge in [0, 0.05) is 25.7 Å². The number of carbonyl (C=O) groups is 1. The van der Waals surface area contributed by atoms with Crippen LogP contribution < -0.4 is 10.1 Å². The zero-order chi connectivity index (χ0) is 16.3. The van der Waals surface area contributed by atoms with Gasteiger partial charge >= 0.3 is 5.97 Å². The van der Waals surface area contributed by atoms with E-state index in [1.807, 2.05) is 6.92 Å². The highest BCUT2D eigenvalue weighted by Crippen LogP contribution is 2.29. The van der Waals surface area contributed by atoms with Gasteiger partial charge in [0.1, 0.15) is 10.6 Å². The zero-order valence-corrected chi connectivity index (χ0v) is 14.9. The van der Waals surface area contributed by atoms with Crippen molar-refractivity contribution < 1.29 is 22.7 Å². The van der Waals surface area contributed by atoms with Gasteiger partial charge in [-0.15, -0.1) is 12.4 Å². The third kappa shape index (κ3) is 3.95. The van der Waals surface area contributed by atoms with Gasteiger partial charge in [0.15, 0.2) is 0 Å². The van der Waals surface area contributed by atoms with Crippen molar-refractivity contribution in [3.05, 3.63) is 23.8 Å². The molecule has 1 aliphatic heterocycles. The number of nitrogens with one attached hydrogen (secondary N) is 1. The van der Waals surface area contributed by atoms with Crippen LogP contribution in [0, 0.1) is 0 Å². The molecule has 2 rings (SSSR count). The summed E-state index contributed by atoms with van der Waals surface area (Å²) in [5.74, 6) is -0.411. The molecule has 0 spiro atoms. The summed E-state index contributed by atoms with van der Waals surface area (Å²) in [5, 5.41) is 3.15. The van der Waals surface area contributed by atoms with Crippen LogP contribution in [0.3, 0.4) is 0 Å². The topological polar surface area (TPSA) is 84.9 Å². The Morgan fingerprint density at radius 2 is 2.04 bits per heavy atom. The Balaban J connectivity index is 0.00000264. The van der Waals surface area contributed by atoms with Crippen molar-refractivity contribution in [1.82, 2.24) is 9.62 Å².